The van der Waals surface area contributed by atoms with Crippen molar-refractivity contribution in [1.29, 1.82) is 0 Å². The number of benzene rings is 1. The molecule has 7 heteroatoms. The lowest BCUT2D eigenvalue weighted by molar-refractivity contribution is 0.0943. The van der Waals surface area contributed by atoms with E-state index in [2.05, 4.69) is 10.5 Å². The Morgan fingerprint density at radius 2 is 1.88 bits per heavy atom. The van der Waals surface area contributed by atoms with Crippen molar-refractivity contribution in [3.63, 3.8) is 0 Å². The molecule has 0 aliphatic heterocycles. The van der Waals surface area contributed by atoms with E-state index < -0.39 is 0 Å². The van der Waals surface area contributed by atoms with Crippen LogP contribution in [0.25, 0.3) is 0 Å². The molecule has 1 amide bonds. The topological polar surface area (TPSA) is 82.8 Å². The molecule has 24 heavy (non-hydrogen) atoms. The zero-order chi connectivity index (χ0) is 17.7. The van der Waals surface area contributed by atoms with Gasteiger partial charge in [-0.3, -0.25) is 4.79 Å². The number of nitrogens with zero attached hydrogens (tertiary/aromatic N) is 1. The molecule has 130 valence electrons. The Morgan fingerprint density at radius 3 is 2.42 bits per heavy atom. The smallest absolute Gasteiger partial charge is 0.255 e. The third kappa shape index (κ3) is 3.61. The van der Waals surface area contributed by atoms with Crippen LogP contribution in [0.3, 0.4) is 0 Å². The first-order valence-corrected chi connectivity index (χ1v) is 7.54. The summed E-state index contributed by atoms with van der Waals surface area (Å²) in [6.07, 6.45) is 0. The summed E-state index contributed by atoms with van der Waals surface area (Å²) in [6, 6.07) is 5.10. The van der Waals surface area contributed by atoms with Gasteiger partial charge in [0, 0.05) is 6.07 Å². The van der Waals surface area contributed by atoms with Crippen LogP contribution >= 0.6 is 0 Å². The average Bonchev–Trinajstić information content (AvgIpc) is 3.07. The molecule has 0 atom stereocenters. The fourth-order valence-electron chi connectivity index (χ4n) is 2.23. The third-order valence-electron chi connectivity index (χ3n) is 3.54. The molecule has 1 aromatic carbocycles. The lowest BCUT2D eigenvalue weighted by Crippen LogP contribution is -2.23. The van der Waals surface area contributed by atoms with Gasteiger partial charge in [-0.25, -0.2) is 0 Å². The average molecular weight is 334 g/mol. The molecule has 2 rings (SSSR count). The Labute approximate surface area is 140 Å². The maximum Gasteiger partial charge on any atom is 0.255 e. The normalized spacial score (nSPS) is 10.6. The second kappa shape index (κ2) is 7.72. The van der Waals surface area contributed by atoms with Gasteiger partial charge in [-0.15, -0.1) is 0 Å². The van der Waals surface area contributed by atoms with Crippen molar-refractivity contribution in [1.82, 2.24) is 10.5 Å². The van der Waals surface area contributed by atoms with Crippen molar-refractivity contribution in [3.05, 3.63) is 35.2 Å². The Hall–Kier alpha value is -2.70. The van der Waals surface area contributed by atoms with Crippen LogP contribution in [0.2, 0.25) is 0 Å². The van der Waals surface area contributed by atoms with E-state index in [0.717, 1.165) is 5.69 Å². The highest BCUT2D eigenvalue weighted by Crippen LogP contribution is 2.39. The lowest BCUT2D eigenvalue weighted by atomic mass is 10.1. The molecule has 0 radical (unpaired) electrons. The van der Waals surface area contributed by atoms with Gasteiger partial charge in [0.15, 0.2) is 17.3 Å². The van der Waals surface area contributed by atoms with Gasteiger partial charge in [0.2, 0.25) is 5.75 Å². The number of carbonyl (C=O) groups excluding carboxylic acids is 1. The van der Waals surface area contributed by atoms with E-state index in [4.69, 9.17) is 18.7 Å². The molecule has 0 saturated carbocycles. The minimum absolute atomic E-state index is 0.232. The van der Waals surface area contributed by atoms with Crippen LogP contribution in [0.15, 0.2) is 22.7 Å². The van der Waals surface area contributed by atoms with Gasteiger partial charge < -0.3 is 24.1 Å². The van der Waals surface area contributed by atoms with Crippen LogP contribution in [-0.2, 0) is 6.54 Å². The Balaban J connectivity index is 2.17. The number of hydrogen-bond donors (Lipinski definition) is 1. The Kier molecular flexibility index (Phi) is 5.68. The number of carbonyl (C=O) groups is 1. The number of methoxy groups -OCH3 is 3. The third-order valence-corrected chi connectivity index (χ3v) is 3.54. The summed E-state index contributed by atoms with van der Waals surface area (Å²) in [5.74, 6) is 1.72. The SMILES string of the molecule is COc1ccc(C(=O)NCc2cc(C(C)C)no2)c(OC)c1OC. The van der Waals surface area contributed by atoms with Crippen LogP contribution in [-0.4, -0.2) is 32.4 Å². The Bertz CT molecular complexity index is 709. The standard InChI is InChI=1S/C17H22N2O5/c1-10(2)13-8-11(24-19-13)9-18-17(20)12-6-7-14(21-3)16(23-5)15(12)22-4/h6-8,10H,9H2,1-5H3,(H,18,20). The number of ether oxygens (including phenoxy) is 3. The lowest BCUT2D eigenvalue weighted by Gasteiger charge is -2.15. The quantitative estimate of drug-likeness (QED) is 0.838. The summed E-state index contributed by atoms with van der Waals surface area (Å²) in [7, 11) is 4.48. The van der Waals surface area contributed by atoms with E-state index in [1.165, 1.54) is 21.3 Å². The van der Waals surface area contributed by atoms with Gasteiger partial charge >= 0.3 is 0 Å². The number of aromatic nitrogens is 1. The van der Waals surface area contributed by atoms with Crippen LogP contribution in [0, 0.1) is 0 Å². The first-order chi connectivity index (χ1) is 11.5. The molecule has 1 heterocycles. The van der Waals surface area contributed by atoms with Crippen LogP contribution in [0.4, 0.5) is 0 Å². The fraction of sp³-hybridized carbons (Fsp3) is 0.412. The molecule has 0 unspecified atom stereocenters. The van der Waals surface area contributed by atoms with Crippen molar-refractivity contribution in [3.8, 4) is 17.2 Å². The molecule has 7 nitrogen and oxygen atoms in total. The molecular weight excluding hydrogens is 312 g/mol. The molecular formula is C17H22N2O5. The zero-order valence-electron chi connectivity index (χ0n) is 14.5. The highest BCUT2D eigenvalue weighted by Gasteiger charge is 2.20. The van der Waals surface area contributed by atoms with E-state index in [9.17, 15) is 4.79 Å². The van der Waals surface area contributed by atoms with Gasteiger partial charge in [0.25, 0.3) is 5.91 Å². The van der Waals surface area contributed by atoms with Gasteiger partial charge in [-0.2, -0.15) is 0 Å². The molecule has 0 fully saturated rings. The molecule has 0 spiro atoms. The van der Waals surface area contributed by atoms with Crippen LogP contribution < -0.4 is 19.5 Å². The van der Waals surface area contributed by atoms with E-state index in [1.54, 1.807) is 12.1 Å². The Morgan fingerprint density at radius 1 is 1.17 bits per heavy atom. The largest absolute Gasteiger partial charge is 0.493 e. The molecule has 2 aromatic rings. The fourth-order valence-corrected chi connectivity index (χ4v) is 2.23. The van der Waals surface area contributed by atoms with Crippen LogP contribution in [0.1, 0.15) is 41.6 Å². The summed E-state index contributed by atoms with van der Waals surface area (Å²) in [4.78, 5) is 12.5. The van der Waals surface area contributed by atoms with Gasteiger partial charge in [-0.1, -0.05) is 19.0 Å². The maximum atomic E-state index is 12.5. The molecule has 0 bridgehead atoms. The highest BCUT2D eigenvalue weighted by molar-refractivity contribution is 5.98. The van der Waals surface area contributed by atoms with E-state index in [1.807, 2.05) is 19.9 Å². The summed E-state index contributed by atoms with van der Waals surface area (Å²) >= 11 is 0. The summed E-state index contributed by atoms with van der Waals surface area (Å²) < 4.78 is 21.0. The highest BCUT2D eigenvalue weighted by atomic mass is 16.5. The molecule has 0 saturated heterocycles. The van der Waals surface area contributed by atoms with Gasteiger partial charge in [0.1, 0.15) is 0 Å². The molecule has 1 N–H and O–H groups in total. The molecule has 0 aliphatic carbocycles. The summed E-state index contributed by atoms with van der Waals surface area (Å²) in [5, 5.41) is 6.74. The number of amides is 1. The van der Waals surface area contributed by atoms with E-state index >= 15 is 0 Å². The van der Waals surface area contributed by atoms with Crippen molar-refractivity contribution < 1.29 is 23.5 Å². The summed E-state index contributed by atoms with van der Waals surface area (Å²) in [5.41, 5.74) is 1.20. The van der Waals surface area contributed by atoms with Crippen molar-refractivity contribution in [2.75, 3.05) is 21.3 Å². The van der Waals surface area contributed by atoms with Crippen molar-refractivity contribution in [2.24, 2.45) is 0 Å². The van der Waals surface area contributed by atoms with Gasteiger partial charge in [0.05, 0.1) is 39.1 Å². The maximum absolute atomic E-state index is 12.5. The zero-order valence-corrected chi connectivity index (χ0v) is 14.5. The van der Waals surface area contributed by atoms with E-state index in [-0.39, 0.29) is 18.4 Å². The minimum atomic E-state index is -0.310. The predicted molar refractivity (Wildman–Crippen MR) is 87.9 cm³/mol. The second-order valence-electron chi connectivity index (χ2n) is 5.44. The van der Waals surface area contributed by atoms with Crippen molar-refractivity contribution >= 4 is 5.91 Å². The number of rotatable bonds is 7. The first kappa shape index (κ1) is 17.7. The first-order valence-electron chi connectivity index (χ1n) is 7.54. The van der Waals surface area contributed by atoms with Crippen LogP contribution in [0.5, 0.6) is 17.2 Å². The molecule has 1 aromatic heterocycles. The monoisotopic (exact) mass is 334 g/mol. The summed E-state index contributed by atoms with van der Waals surface area (Å²) in [6.45, 7) is 4.28. The second-order valence-corrected chi connectivity index (χ2v) is 5.44. The number of hydrogen-bond acceptors (Lipinski definition) is 6. The van der Waals surface area contributed by atoms with E-state index in [0.29, 0.717) is 28.6 Å². The number of nitrogens with one attached hydrogen (secondary N) is 1. The van der Waals surface area contributed by atoms with Crippen molar-refractivity contribution in [2.45, 2.75) is 26.3 Å². The van der Waals surface area contributed by atoms with Gasteiger partial charge in [-0.05, 0) is 18.1 Å². The minimum Gasteiger partial charge on any atom is -0.493 e. The predicted octanol–water partition coefficient (Wildman–Crippen LogP) is 2.75. The molecule has 0 aliphatic rings.